The fourth-order valence-corrected chi connectivity index (χ4v) is 3.52. The summed E-state index contributed by atoms with van der Waals surface area (Å²) in [5.41, 5.74) is 2.15. The van der Waals surface area contributed by atoms with Gasteiger partial charge in [0.1, 0.15) is 5.00 Å². The van der Waals surface area contributed by atoms with E-state index in [1.54, 1.807) is 30.6 Å². The lowest BCUT2D eigenvalue weighted by Gasteiger charge is -2.15. The van der Waals surface area contributed by atoms with E-state index < -0.39 is 0 Å². The predicted molar refractivity (Wildman–Crippen MR) is 112 cm³/mol. The Morgan fingerprint density at radius 1 is 1.21 bits per heavy atom. The Bertz CT molecular complexity index is 992. The first-order valence-electron chi connectivity index (χ1n) is 9.44. The number of anilines is 1. The van der Waals surface area contributed by atoms with E-state index in [0.29, 0.717) is 40.2 Å². The van der Waals surface area contributed by atoms with E-state index in [1.807, 2.05) is 19.1 Å². The van der Waals surface area contributed by atoms with E-state index in [9.17, 15) is 9.59 Å². The van der Waals surface area contributed by atoms with Crippen LogP contribution in [0.25, 0.3) is 0 Å². The van der Waals surface area contributed by atoms with Crippen molar-refractivity contribution in [2.24, 2.45) is 0 Å². The maximum atomic E-state index is 12.8. The first kappa shape index (κ1) is 20.7. The summed E-state index contributed by atoms with van der Waals surface area (Å²) in [5, 5.41) is 8.98. The quantitative estimate of drug-likeness (QED) is 0.624. The molecule has 0 spiro atoms. The van der Waals surface area contributed by atoms with E-state index in [0.717, 1.165) is 0 Å². The third kappa shape index (κ3) is 4.89. The topological polar surface area (TPSA) is 88.3 Å². The number of amides is 2. The number of carbonyl (C=O) groups is 2. The van der Waals surface area contributed by atoms with Gasteiger partial charge in [0.25, 0.3) is 11.8 Å². The van der Waals surface area contributed by atoms with Crippen molar-refractivity contribution in [2.45, 2.75) is 39.7 Å². The van der Waals surface area contributed by atoms with Gasteiger partial charge in [0.2, 0.25) is 5.89 Å². The monoisotopic (exact) mass is 412 g/mol. The maximum Gasteiger partial charge on any atom is 0.257 e. The third-order valence-electron chi connectivity index (χ3n) is 4.51. The Balaban J connectivity index is 1.69. The Kier molecular flexibility index (Phi) is 6.43. The van der Waals surface area contributed by atoms with E-state index >= 15 is 0 Å². The normalized spacial score (nSPS) is 10.9. The molecule has 7 nitrogen and oxygen atoms in total. The molecular formula is C21H24N4O3S. The molecule has 3 aromatic rings. The van der Waals surface area contributed by atoms with Gasteiger partial charge in [-0.1, -0.05) is 38.1 Å². The predicted octanol–water partition coefficient (Wildman–Crippen LogP) is 4.34. The number of aryl methyl sites for hydroxylation is 1. The van der Waals surface area contributed by atoms with Gasteiger partial charge >= 0.3 is 0 Å². The van der Waals surface area contributed by atoms with Crippen molar-refractivity contribution in [3.63, 3.8) is 0 Å². The van der Waals surface area contributed by atoms with Crippen LogP contribution >= 0.6 is 11.3 Å². The molecule has 1 N–H and O–H groups in total. The van der Waals surface area contributed by atoms with E-state index in [4.69, 9.17) is 4.52 Å². The third-order valence-corrected chi connectivity index (χ3v) is 5.34. The number of rotatable bonds is 7. The van der Waals surface area contributed by atoms with E-state index in [2.05, 4.69) is 29.3 Å². The van der Waals surface area contributed by atoms with Crippen LogP contribution in [0.4, 0.5) is 5.00 Å². The summed E-state index contributed by atoms with van der Waals surface area (Å²) in [4.78, 5) is 31.2. The highest BCUT2D eigenvalue weighted by molar-refractivity contribution is 7.14. The van der Waals surface area contributed by atoms with Crippen LogP contribution in [0.1, 0.15) is 64.7 Å². The summed E-state index contributed by atoms with van der Waals surface area (Å²) in [6, 6.07) is 9.19. The molecule has 0 unspecified atom stereocenters. The van der Waals surface area contributed by atoms with Gasteiger partial charge in [0.15, 0.2) is 5.82 Å². The number of nitrogens with zero attached hydrogens (tertiary/aromatic N) is 3. The van der Waals surface area contributed by atoms with E-state index in [-0.39, 0.29) is 18.4 Å². The summed E-state index contributed by atoms with van der Waals surface area (Å²) >= 11 is 1.31. The number of benzene rings is 1. The zero-order valence-electron chi connectivity index (χ0n) is 16.9. The first-order chi connectivity index (χ1) is 13.9. The Labute approximate surface area is 173 Å². The molecule has 0 fully saturated rings. The molecule has 0 aliphatic rings. The number of carbonyl (C=O) groups excluding carboxylic acids is 2. The largest absolute Gasteiger partial charge is 0.337 e. The van der Waals surface area contributed by atoms with Crippen molar-refractivity contribution in [1.82, 2.24) is 15.0 Å². The zero-order valence-corrected chi connectivity index (χ0v) is 17.7. The van der Waals surface area contributed by atoms with Gasteiger partial charge in [0, 0.05) is 19.0 Å². The fraction of sp³-hybridized carbons (Fsp3) is 0.333. The van der Waals surface area contributed by atoms with Gasteiger partial charge in [-0.15, -0.1) is 11.3 Å². The highest BCUT2D eigenvalue weighted by atomic mass is 32.1. The number of thiophene rings is 1. The van der Waals surface area contributed by atoms with E-state index in [1.165, 1.54) is 21.8 Å². The zero-order chi connectivity index (χ0) is 21.0. The van der Waals surface area contributed by atoms with Crippen LogP contribution in [0.2, 0.25) is 0 Å². The fourth-order valence-electron chi connectivity index (χ4n) is 2.75. The van der Waals surface area contributed by atoms with Crippen molar-refractivity contribution >= 4 is 28.2 Å². The average Bonchev–Trinajstić information content (AvgIpc) is 3.36. The standard InChI is InChI=1S/C21H24N4O3S/c1-5-17-22-18(28-24-17)12-25(4)21(27)16-10-11-29-20(16)23-19(26)15-8-6-14(7-9-15)13(2)3/h6-11,13H,5,12H2,1-4H3,(H,23,26). The first-order valence-corrected chi connectivity index (χ1v) is 10.3. The van der Waals surface area contributed by atoms with Gasteiger partial charge in [-0.2, -0.15) is 4.98 Å². The molecule has 0 atom stereocenters. The molecule has 1 aromatic carbocycles. The molecule has 0 bridgehead atoms. The van der Waals surface area contributed by atoms with Gasteiger partial charge in [-0.05, 0) is 35.1 Å². The van der Waals surface area contributed by atoms with Crippen molar-refractivity contribution in [3.05, 3.63) is 64.1 Å². The molecule has 2 heterocycles. The second kappa shape index (κ2) is 9.00. The van der Waals surface area contributed by atoms with Crippen molar-refractivity contribution in [1.29, 1.82) is 0 Å². The smallest absolute Gasteiger partial charge is 0.257 e. The molecule has 0 aliphatic heterocycles. The lowest BCUT2D eigenvalue weighted by atomic mass is 10.0. The Morgan fingerprint density at radius 2 is 1.93 bits per heavy atom. The highest BCUT2D eigenvalue weighted by Gasteiger charge is 2.21. The summed E-state index contributed by atoms with van der Waals surface area (Å²) in [6.07, 6.45) is 0.667. The van der Waals surface area contributed by atoms with Crippen LogP contribution in [0.15, 0.2) is 40.2 Å². The minimum atomic E-state index is -0.246. The van der Waals surface area contributed by atoms with Gasteiger partial charge < -0.3 is 14.7 Å². The minimum Gasteiger partial charge on any atom is -0.337 e. The van der Waals surface area contributed by atoms with Crippen molar-refractivity contribution in [3.8, 4) is 0 Å². The van der Waals surface area contributed by atoms with Gasteiger partial charge in [-0.25, -0.2) is 0 Å². The summed E-state index contributed by atoms with van der Waals surface area (Å²) in [5.74, 6) is 0.907. The Hall–Kier alpha value is -3.00. The molecule has 29 heavy (non-hydrogen) atoms. The summed E-state index contributed by atoms with van der Waals surface area (Å²) < 4.78 is 5.15. The van der Waals surface area contributed by atoms with Gasteiger partial charge in [-0.3, -0.25) is 9.59 Å². The SMILES string of the molecule is CCc1noc(CN(C)C(=O)c2ccsc2NC(=O)c2ccc(C(C)C)cc2)n1. The average molecular weight is 413 g/mol. The second-order valence-corrected chi connectivity index (χ2v) is 7.93. The molecule has 0 saturated carbocycles. The number of nitrogens with one attached hydrogen (secondary N) is 1. The molecule has 3 rings (SSSR count). The molecule has 2 amide bonds. The van der Waals surface area contributed by atoms with Crippen LogP contribution in [-0.4, -0.2) is 33.9 Å². The number of aromatic nitrogens is 2. The lowest BCUT2D eigenvalue weighted by Crippen LogP contribution is -2.27. The molecule has 152 valence electrons. The maximum absolute atomic E-state index is 12.8. The number of hydrogen-bond acceptors (Lipinski definition) is 6. The summed E-state index contributed by atoms with van der Waals surface area (Å²) in [7, 11) is 1.66. The molecule has 8 heteroatoms. The van der Waals surface area contributed by atoms with Crippen molar-refractivity contribution < 1.29 is 14.1 Å². The molecule has 0 aliphatic carbocycles. The van der Waals surface area contributed by atoms with Crippen molar-refractivity contribution in [2.75, 3.05) is 12.4 Å². The Morgan fingerprint density at radius 3 is 2.55 bits per heavy atom. The summed E-state index contributed by atoms with van der Waals surface area (Å²) in [6.45, 7) is 6.34. The molecule has 0 saturated heterocycles. The lowest BCUT2D eigenvalue weighted by molar-refractivity contribution is 0.0771. The van der Waals surface area contributed by atoms with Crippen LogP contribution in [0, 0.1) is 0 Å². The van der Waals surface area contributed by atoms with Crippen LogP contribution in [0.5, 0.6) is 0 Å². The van der Waals surface area contributed by atoms with Crippen LogP contribution in [0.3, 0.4) is 0 Å². The van der Waals surface area contributed by atoms with Crippen LogP contribution in [-0.2, 0) is 13.0 Å². The number of hydrogen-bond donors (Lipinski definition) is 1. The highest BCUT2D eigenvalue weighted by Crippen LogP contribution is 2.26. The molecule has 0 radical (unpaired) electrons. The minimum absolute atomic E-state index is 0.200. The van der Waals surface area contributed by atoms with Gasteiger partial charge in [0.05, 0.1) is 12.1 Å². The van der Waals surface area contributed by atoms with Crippen LogP contribution < -0.4 is 5.32 Å². The molecule has 2 aromatic heterocycles. The molecular weight excluding hydrogens is 388 g/mol. The second-order valence-electron chi connectivity index (χ2n) is 7.01.